The number of hydrogen-bond acceptors (Lipinski definition) is 4. The van der Waals surface area contributed by atoms with Gasteiger partial charge in [0.15, 0.2) is 10.9 Å². The van der Waals surface area contributed by atoms with Crippen molar-refractivity contribution in [3.63, 3.8) is 0 Å². The normalized spacial score (nSPS) is 11.0. The van der Waals surface area contributed by atoms with Crippen LogP contribution in [0.5, 0.6) is 0 Å². The van der Waals surface area contributed by atoms with E-state index in [1.807, 2.05) is 39.0 Å². The molecule has 0 saturated carbocycles. The monoisotopic (exact) mass is 341 g/mol. The average molecular weight is 341 g/mol. The highest BCUT2D eigenvalue weighted by atomic mass is 32.1. The Morgan fingerprint density at radius 3 is 2.71 bits per heavy atom. The average Bonchev–Trinajstić information content (AvgIpc) is 3.06. The quantitative estimate of drug-likeness (QED) is 0.696. The summed E-state index contributed by atoms with van der Waals surface area (Å²) in [6.07, 6.45) is 0.612. The molecule has 0 radical (unpaired) electrons. The minimum absolute atomic E-state index is 0.0323. The molecule has 0 aliphatic heterocycles. The lowest BCUT2D eigenvalue weighted by molar-refractivity contribution is 0.101. The van der Waals surface area contributed by atoms with E-state index in [9.17, 15) is 9.59 Å². The number of carbonyl (C=O) groups is 2. The first kappa shape index (κ1) is 16.4. The molecule has 124 valence electrons. The third-order valence-electron chi connectivity index (χ3n) is 3.99. The van der Waals surface area contributed by atoms with E-state index in [-0.39, 0.29) is 11.7 Å². The molecule has 0 aliphatic carbocycles. The number of thiazole rings is 1. The zero-order chi connectivity index (χ0) is 17.4. The summed E-state index contributed by atoms with van der Waals surface area (Å²) in [5.41, 5.74) is 4.56. The maximum atomic E-state index is 12.6. The van der Waals surface area contributed by atoms with Crippen molar-refractivity contribution < 1.29 is 9.59 Å². The van der Waals surface area contributed by atoms with Crippen LogP contribution in [0.2, 0.25) is 0 Å². The number of aromatic amines is 1. The lowest BCUT2D eigenvalue weighted by Crippen LogP contribution is -2.14. The smallest absolute Gasteiger partial charge is 0.274 e. The van der Waals surface area contributed by atoms with Gasteiger partial charge in [-0.2, -0.15) is 0 Å². The fraction of sp³-hybridized carbons (Fsp3) is 0.278. The molecule has 5 nitrogen and oxygen atoms in total. The molecule has 6 heteroatoms. The molecule has 24 heavy (non-hydrogen) atoms. The number of fused-ring (bicyclic) bond motifs is 1. The molecule has 1 aromatic carbocycles. The van der Waals surface area contributed by atoms with Gasteiger partial charge < -0.3 is 4.98 Å². The summed E-state index contributed by atoms with van der Waals surface area (Å²) >= 11 is 1.44. The number of amides is 1. The first-order valence-electron chi connectivity index (χ1n) is 7.81. The Hall–Kier alpha value is -2.47. The van der Waals surface area contributed by atoms with Gasteiger partial charge in [-0.1, -0.05) is 24.3 Å². The third kappa shape index (κ3) is 2.85. The molecule has 2 heterocycles. The molecule has 0 aliphatic rings. The minimum atomic E-state index is -0.266. The first-order chi connectivity index (χ1) is 11.4. The van der Waals surface area contributed by atoms with E-state index in [0.29, 0.717) is 22.8 Å². The Labute approximate surface area is 144 Å². The molecule has 3 rings (SSSR count). The lowest BCUT2D eigenvalue weighted by Gasteiger charge is -2.03. The molecule has 0 bridgehead atoms. The largest absolute Gasteiger partial charge is 0.354 e. The van der Waals surface area contributed by atoms with Crippen LogP contribution < -0.4 is 5.32 Å². The molecule has 0 atom stereocenters. The van der Waals surface area contributed by atoms with E-state index >= 15 is 0 Å². The van der Waals surface area contributed by atoms with Crippen LogP contribution in [0.15, 0.2) is 18.2 Å². The molecule has 2 aromatic heterocycles. The van der Waals surface area contributed by atoms with Crippen LogP contribution in [0.4, 0.5) is 5.13 Å². The number of nitrogens with one attached hydrogen (secondary N) is 2. The first-order valence-corrected chi connectivity index (χ1v) is 8.63. The van der Waals surface area contributed by atoms with Gasteiger partial charge >= 0.3 is 0 Å². The van der Waals surface area contributed by atoms with Crippen LogP contribution in [-0.4, -0.2) is 21.7 Å². The molecular formula is C18H19N3O2S. The number of anilines is 1. The number of benzene rings is 1. The second-order valence-corrected chi connectivity index (χ2v) is 6.86. The molecule has 1 amide bonds. The molecule has 0 saturated heterocycles. The number of carbonyl (C=O) groups excluding carboxylic acids is 2. The zero-order valence-electron chi connectivity index (χ0n) is 14.1. The molecule has 0 spiro atoms. The Kier molecular flexibility index (Phi) is 4.24. The maximum Gasteiger partial charge on any atom is 0.274 e. The summed E-state index contributed by atoms with van der Waals surface area (Å²) in [7, 11) is 0. The fourth-order valence-electron chi connectivity index (χ4n) is 2.95. The van der Waals surface area contributed by atoms with Crippen LogP contribution >= 0.6 is 11.3 Å². The zero-order valence-corrected chi connectivity index (χ0v) is 14.9. The van der Waals surface area contributed by atoms with Crippen molar-refractivity contribution in [1.82, 2.24) is 9.97 Å². The van der Waals surface area contributed by atoms with Crippen molar-refractivity contribution in [2.24, 2.45) is 0 Å². The number of hydrogen-bond donors (Lipinski definition) is 2. The van der Waals surface area contributed by atoms with Crippen LogP contribution in [0.25, 0.3) is 10.2 Å². The number of Topliss-reactive ketones (excluding diaryl/α,β-unsaturated/α-hetero) is 1. The van der Waals surface area contributed by atoms with Crippen LogP contribution in [0.3, 0.4) is 0 Å². The van der Waals surface area contributed by atoms with E-state index in [0.717, 1.165) is 27.0 Å². The number of aromatic nitrogens is 2. The molecule has 2 N–H and O–H groups in total. The van der Waals surface area contributed by atoms with Gasteiger partial charge in [0.05, 0.1) is 10.2 Å². The van der Waals surface area contributed by atoms with Gasteiger partial charge in [0.1, 0.15) is 5.69 Å². The minimum Gasteiger partial charge on any atom is -0.354 e. The van der Waals surface area contributed by atoms with Crippen molar-refractivity contribution in [3.05, 3.63) is 46.3 Å². The predicted molar refractivity (Wildman–Crippen MR) is 97.2 cm³/mol. The number of rotatable bonds is 4. The Balaban J connectivity index is 1.94. The van der Waals surface area contributed by atoms with Crippen molar-refractivity contribution in [3.8, 4) is 0 Å². The van der Waals surface area contributed by atoms with E-state index in [2.05, 4.69) is 15.3 Å². The lowest BCUT2D eigenvalue weighted by atomic mass is 10.0. The van der Waals surface area contributed by atoms with Crippen LogP contribution in [0, 0.1) is 13.8 Å². The standard InChI is InChI=1S/C18H19N3O2S/c1-5-12-15(11(4)22)10(3)19-16(12)17(23)21-18-20-13-7-6-9(2)8-14(13)24-18/h6-8,19H,5H2,1-4H3,(H,20,21,23). The number of ketones is 1. The van der Waals surface area contributed by atoms with E-state index in [4.69, 9.17) is 0 Å². The SMILES string of the molecule is CCc1c(C(=O)Nc2nc3ccc(C)cc3s2)[nH]c(C)c1C(C)=O. The Morgan fingerprint density at radius 2 is 2.04 bits per heavy atom. The predicted octanol–water partition coefficient (Wildman–Crippen LogP) is 4.26. The Morgan fingerprint density at radius 1 is 1.29 bits per heavy atom. The fourth-order valence-corrected chi connectivity index (χ4v) is 3.90. The number of nitrogens with zero attached hydrogens (tertiary/aromatic N) is 1. The van der Waals surface area contributed by atoms with Gasteiger partial charge in [-0.15, -0.1) is 0 Å². The van der Waals surface area contributed by atoms with Gasteiger partial charge in [-0.3, -0.25) is 14.9 Å². The van der Waals surface area contributed by atoms with Gasteiger partial charge in [0.2, 0.25) is 0 Å². The second-order valence-electron chi connectivity index (χ2n) is 5.83. The third-order valence-corrected chi connectivity index (χ3v) is 4.92. The van der Waals surface area contributed by atoms with Crippen molar-refractivity contribution in [2.45, 2.75) is 34.1 Å². The van der Waals surface area contributed by atoms with Crippen molar-refractivity contribution in [2.75, 3.05) is 5.32 Å². The highest BCUT2D eigenvalue weighted by Gasteiger charge is 2.22. The molecule has 3 aromatic rings. The topological polar surface area (TPSA) is 74.8 Å². The van der Waals surface area contributed by atoms with Crippen molar-refractivity contribution >= 4 is 38.4 Å². The summed E-state index contributed by atoms with van der Waals surface area (Å²) in [5, 5.41) is 3.40. The second kappa shape index (κ2) is 6.20. The summed E-state index contributed by atoms with van der Waals surface area (Å²) < 4.78 is 1.04. The van der Waals surface area contributed by atoms with Gasteiger partial charge in [0.25, 0.3) is 5.91 Å². The van der Waals surface area contributed by atoms with Crippen molar-refractivity contribution in [1.29, 1.82) is 0 Å². The van der Waals surface area contributed by atoms with Crippen LogP contribution in [-0.2, 0) is 6.42 Å². The van der Waals surface area contributed by atoms with Gasteiger partial charge in [-0.05, 0) is 50.5 Å². The van der Waals surface area contributed by atoms with E-state index in [1.54, 1.807) is 0 Å². The van der Waals surface area contributed by atoms with E-state index < -0.39 is 0 Å². The summed E-state index contributed by atoms with van der Waals surface area (Å²) in [6.45, 7) is 7.29. The highest BCUT2D eigenvalue weighted by Crippen LogP contribution is 2.28. The highest BCUT2D eigenvalue weighted by molar-refractivity contribution is 7.22. The van der Waals surface area contributed by atoms with Gasteiger partial charge in [-0.25, -0.2) is 4.98 Å². The summed E-state index contributed by atoms with van der Waals surface area (Å²) in [4.78, 5) is 32.0. The number of H-pyrrole nitrogens is 1. The molecule has 0 unspecified atom stereocenters. The van der Waals surface area contributed by atoms with Crippen LogP contribution in [0.1, 0.15) is 51.5 Å². The van der Waals surface area contributed by atoms with Gasteiger partial charge in [0, 0.05) is 11.3 Å². The number of aryl methyl sites for hydroxylation is 2. The maximum absolute atomic E-state index is 12.6. The molecule has 0 fully saturated rings. The van der Waals surface area contributed by atoms with E-state index in [1.165, 1.54) is 18.3 Å². The summed E-state index contributed by atoms with van der Waals surface area (Å²) in [6, 6.07) is 5.99. The molecular weight excluding hydrogens is 322 g/mol. The summed E-state index contributed by atoms with van der Waals surface area (Å²) in [5.74, 6) is -0.298. The Bertz CT molecular complexity index is 953.